The summed E-state index contributed by atoms with van der Waals surface area (Å²) < 4.78 is 5.22. The van der Waals surface area contributed by atoms with Gasteiger partial charge < -0.3 is 15.8 Å². The highest BCUT2D eigenvalue weighted by Crippen LogP contribution is 2.23. The third kappa shape index (κ3) is 5.14. The highest BCUT2D eigenvalue weighted by Gasteiger charge is 2.16. The van der Waals surface area contributed by atoms with E-state index in [9.17, 15) is 4.79 Å². The quantitative estimate of drug-likeness (QED) is 0.801. The number of ether oxygens (including phenoxy) is 1. The number of rotatable bonds is 3. The molecule has 1 heterocycles. The van der Waals surface area contributed by atoms with Gasteiger partial charge in [0.2, 0.25) is 0 Å². The third-order valence-corrected chi connectivity index (χ3v) is 2.71. The number of benzene rings is 1. The van der Waals surface area contributed by atoms with E-state index in [1.165, 1.54) is 0 Å². The van der Waals surface area contributed by atoms with Crippen LogP contribution in [0.15, 0.2) is 30.5 Å². The lowest BCUT2D eigenvalue weighted by atomic mass is 10.2. The minimum atomic E-state index is -0.549. The number of nitrogens with one attached hydrogen (secondary N) is 2. The van der Waals surface area contributed by atoms with Crippen molar-refractivity contribution in [2.24, 2.45) is 0 Å². The summed E-state index contributed by atoms with van der Waals surface area (Å²) in [4.78, 5) is 20.1. The van der Waals surface area contributed by atoms with E-state index in [-0.39, 0.29) is 0 Å². The molecule has 1 amide bonds. The third-order valence-electron chi connectivity index (χ3n) is 2.71. The molecule has 0 atom stereocenters. The number of anilines is 4. The van der Waals surface area contributed by atoms with Crippen LogP contribution < -0.4 is 16.4 Å². The van der Waals surface area contributed by atoms with Gasteiger partial charge in [0.1, 0.15) is 11.4 Å². The Morgan fingerprint density at radius 3 is 2.65 bits per heavy atom. The molecule has 0 saturated heterocycles. The smallest absolute Gasteiger partial charge is 0.412 e. The van der Waals surface area contributed by atoms with Crippen molar-refractivity contribution >= 4 is 29.0 Å². The van der Waals surface area contributed by atoms with Crippen LogP contribution in [0.1, 0.15) is 26.6 Å². The van der Waals surface area contributed by atoms with Crippen molar-refractivity contribution in [2.75, 3.05) is 16.4 Å². The molecule has 7 heteroatoms. The minimum absolute atomic E-state index is 0.445. The van der Waals surface area contributed by atoms with Crippen LogP contribution in [0.3, 0.4) is 0 Å². The molecule has 0 radical (unpaired) electrons. The first-order valence-corrected chi connectivity index (χ1v) is 7.19. The Kier molecular flexibility index (Phi) is 4.68. The molecule has 0 bridgehead atoms. The second-order valence-electron chi connectivity index (χ2n) is 6.05. The number of aromatic nitrogens is 2. The summed E-state index contributed by atoms with van der Waals surface area (Å²) in [6.45, 7) is 7.21. The molecule has 2 aromatic rings. The van der Waals surface area contributed by atoms with Crippen LogP contribution in [0.5, 0.6) is 0 Å². The van der Waals surface area contributed by atoms with Crippen molar-refractivity contribution in [1.29, 1.82) is 0 Å². The van der Waals surface area contributed by atoms with Crippen molar-refractivity contribution in [3.05, 3.63) is 36.3 Å². The molecule has 1 aromatic carbocycles. The van der Waals surface area contributed by atoms with Crippen LogP contribution in [-0.4, -0.2) is 21.7 Å². The minimum Gasteiger partial charge on any atom is -0.444 e. The van der Waals surface area contributed by atoms with Crippen molar-refractivity contribution in [3.8, 4) is 0 Å². The van der Waals surface area contributed by atoms with E-state index in [4.69, 9.17) is 10.5 Å². The van der Waals surface area contributed by atoms with Gasteiger partial charge in [0.15, 0.2) is 5.82 Å². The summed E-state index contributed by atoms with van der Waals surface area (Å²) in [5.41, 5.74) is 7.09. The molecule has 0 saturated carbocycles. The predicted molar refractivity (Wildman–Crippen MR) is 90.8 cm³/mol. The van der Waals surface area contributed by atoms with E-state index >= 15 is 0 Å². The summed E-state index contributed by atoms with van der Waals surface area (Å²) >= 11 is 0. The molecule has 23 heavy (non-hydrogen) atoms. The van der Waals surface area contributed by atoms with Gasteiger partial charge in [-0.3, -0.25) is 5.32 Å². The van der Waals surface area contributed by atoms with Crippen LogP contribution >= 0.6 is 0 Å². The SMILES string of the molecule is Cc1ncc(N)c(Nc2cccc(NC(=O)OC(C)(C)C)c2)n1. The van der Waals surface area contributed by atoms with Gasteiger partial charge in [-0.15, -0.1) is 0 Å². The molecule has 0 unspecified atom stereocenters. The normalized spacial score (nSPS) is 11.0. The summed E-state index contributed by atoms with van der Waals surface area (Å²) in [5.74, 6) is 1.14. The molecular weight excluding hydrogens is 294 g/mol. The van der Waals surface area contributed by atoms with Gasteiger partial charge in [0.05, 0.1) is 11.9 Å². The maximum Gasteiger partial charge on any atom is 0.412 e. The monoisotopic (exact) mass is 315 g/mol. The maximum absolute atomic E-state index is 11.8. The van der Waals surface area contributed by atoms with E-state index in [0.717, 1.165) is 5.69 Å². The first-order valence-electron chi connectivity index (χ1n) is 7.19. The average Bonchev–Trinajstić information content (AvgIpc) is 2.41. The van der Waals surface area contributed by atoms with Gasteiger partial charge >= 0.3 is 6.09 Å². The predicted octanol–water partition coefficient (Wildman–Crippen LogP) is 3.46. The number of nitrogens with zero attached hydrogens (tertiary/aromatic N) is 2. The van der Waals surface area contributed by atoms with E-state index in [1.807, 2.05) is 26.8 Å². The lowest BCUT2D eigenvalue weighted by molar-refractivity contribution is 0.0636. The Labute approximate surface area is 135 Å². The summed E-state index contributed by atoms with van der Waals surface area (Å²) in [6.07, 6.45) is 1.04. The Morgan fingerprint density at radius 1 is 1.26 bits per heavy atom. The average molecular weight is 315 g/mol. The number of aryl methyl sites for hydroxylation is 1. The lowest BCUT2D eigenvalue weighted by Gasteiger charge is -2.19. The molecule has 0 aliphatic carbocycles. The zero-order valence-corrected chi connectivity index (χ0v) is 13.7. The zero-order valence-electron chi connectivity index (χ0n) is 13.7. The molecule has 1 aromatic heterocycles. The topological polar surface area (TPSA) is 102 Å². The number of hydrogen-bond donors (Lipinski definition) is 3. The molecule has 7 nitrogen and oxygen atoms in total. The van der Waals surface area contributed by atoms with Crippen LogP contribution in [0, 0.1) is 6.92 Å². The largest absolute Gasteiger partial charge is 0.444 e. The van der Waals surface area contributed by atoms with Gasteiger partial charge in [-0.1, -0.05) is 6.07 Å². The molecule has 0 fully saturated rings. The van der Waals surface area contributed by atoms with Gasteiger partial charge in [0.25, 0.3) is 0 Å². The van der Waals surface area contributed by atoms with E-state index in [0.29, 0.717) is 23.0 Å². The Morgan fingerprint density at radius 2 is 1.96 bits per heavy atom. The zero-order chi connectivity index (χ0) is 17.0. The van der Waals surface area contributed by atoms with Gasteiger partial charge in [-0.05, 0) is 45.9 Å². The van der Waals surface area contributed by atoms with Gasteiger partial charge in [-0.2, -0.15) is 0 Å². The molecule has 4 N–H and O–H groups in total. The van der Waals surface area contributed by atoms with Gasteiger partial charge in [-0.25, -0.2) is 14.8 Å². The number of carbonyl (C=O) groups is 1. The summed E-state index contributed by atoms with van der Waals surface area (Å²) in [5, 5.41) is 5.79. The van der Waals surface area contributed by atoms with Crippen molar-refractivity contribution in [2.45, 2.75) is 33.3 Å². The highest BCUT2D eigenvalue weighted by molar-refractivity contribution is 5.86. The standard InChI is InChI=1S/C16H21N5O2/c1-10-18-9-13(17)14(19-10)20-11-6-5-7-12(8-11)21-15(22)23-16(2,3)4/h5-9H,17H2,1-4H3,(H,21,22)(H,18,19,20). The molecule has 0 aliphatic rings. The van der Waals surface area contributed by atoms with E-state index in [1.54, 1.807) is 31.3 Å². The fourth-order valence-electron chi connectivity index (χ4n) is 1.81. The Hall–Kier alpha value is -2.83. The highest BCUT2D eigenvalue weighted by atomic mass is 16.6. The fraction of sp³-hybridized carbons (Fsp3) is 0.312. The molecule has 2 rings (SSSR count). The number of amides is 1. The number of carbonyl (C=O) groups excluding carboxylic acids is 1. The van der Waals surface area contributed by atoms with Crippen molar-refractivity contribution in [3.63, 3.8) is 0 Å². The molecular formula is C16H21N5O2. The van der Waals surface area contributed by atoms with Crippen LogP contribution in [0.4, 0.5) is 27.7 Å². The first kappa shape index (κ1) is 16.5. The van der Waals surface area contributed by atoms with Crippen molar-refractivity contribution in [1.82, 2.24) is 9.97 Å². The molecule has 0 aliphatic heterocycles. The fourth-order valence-corrected chi connectivity index (χ4v) is 1.81. The lowest BCUT2D eigenvalue weighted by Crippen LogP contribution is -2.27. The van der Waals surface area contributed by atoms with E-state index in [2.05, 4.69) is 20.6 Å². The Balaban J connectivity index is 2.11. The molecule has 122 valence electrons. The van der Waals surface area contributed by atoms with Crippen LogP contribution in [-0.2, 0) is 4.74 Å². The molecule has 0 spiro atoms. The second-order valence-corrected chi connectivity index (χ2v) is 6.05. The Bertz CT molecular complexity index is 710. The van der Waals surface area contributed by atoms with Crippen molar-refractivity contribution < 1.29 is 9.53 Å². The second kappa shape index (κ2) is 6.51. The van der Waals surface area contributed by atoms with Crippen LogP contribution in [0.25, 0.3) is 0 Å². The number of hydrogen-bond acceptors (Lipinski definition) is 6. The summed E-state index contributed by atoms with van der Waals surface area (Å²) in [7, 11) is 0. The maximum atomic E-state index is 11.8. The van der Waals surface area contributed by atoms with Gasteiger partial charge in [0, 0.05) is 11.4 Å². The first-order chi connectivity index (χ1) is 10.7. The van der Waals surface area contributed by atoms with Crippen LogP contribution in [0.2, 0.25) is 0 Å². The van der Waals surface area contributed by atoms with E-state index < -0.39 is 11.7 Å². The number of nitrogen functional groups attached to an aromatic ring is 1. The number of nitrogens with two attached hydrogens (primary N) is 1. The summed E-state index contributed by atoms with van der Waals surface area (Å²) in [6, 6.07) is 7.18.